The summed E-state index contributed by atoms with van der Waals surface area (Å²) < 4.78 is 0. The smallest absolute Gasteiger partial charge is 0.241 e. The van der Waals surface area contributed by atoms with Gasteiger partial charge in [-0.3, -0.25) is 9.69 Å². The molecule has 0 bridgehead atoms. The SMILES string of the molecule is Cc1cccc(N(CCC#N)C(=O)CN2CCC(c3ccccc3)C2)c1C. The zero-order chi connectivity index (χ0) is 19.2. The van der Waals surface area contributed by atoms with Crippen LogP contribution in [0.25, 0.3) is 0 Å². The van der Waals surface area contributed by atoms with E-state index in [1.165, 1.54) is 5.56 Å². The molecule has 4 nitrogen and oxygen atoms in total. The lowest BCUT2D eigenvalue weighted by Gasteiger charge is -2.27. The Labute approximate surface area is 162 Å². The van der Waals surface area contributed by atoms with Crippen molar-refractivity contribution in [1.82, 2.24) is 4.90 Å². The molecule has 2 aromatic rings. The number of carbonyl (C=O) groups excluding carboxylic acids is 1. The zero-order valence-electron chi connectivity index (χ0n) is 16.2. The molecule has 27 heavy (non-hydrogen) atoms. The molecule has 1 amide bonds. The van der Waals surface area contributed by atoms with Crippen LogP contribution in [0.1, 0.15) is 35.4 Å². The molecule has 3 rings (SSSR count). The largest absolute Gasteiger partial charge is 0.310 e. The molecule has 2 aromatic carbocycles. The first-order valence-electron chi connectivity index (χ1n) is 9.61. The lowest BCUT2D eigenvalue weighted by Crippen LogP contribution is -2.40. The molecule has 0 N–H and O–H groups in total. The van der Waals surface area contributed by atoms with E-state index in [1.807, 2.05) is 25.1 Å². The van der Waals surface area contributed by atoms with Crippen LogP contribution in [0.15, 0.2) is 48.5 Å². The molecule has 0 spiro atoms. The summed E-state index contributed by atoms with van der Waals surface area (Å²) in [6, 6.07) is 18.7. The highest BCUT2D eigenvalue weighted by Crippen LogP contribution is 2.28. The Balaban J connectivity index is 1.70. The van der Waals surface area contributed by atoms with E-state index in [4.69, 9.17) is 5.26 Å². The fourth-order valence-corrected chi connectivity index (χ4v) is 3.82. The van der Waals surface area contributed by atoms with Crippen molar-refractivity contribution in [3.8, 4) is 6.07 Å². The zero-order valence-corrected chi connectivity index (χ0v) is 16.2. The maximum absolute atomic E-state index is 13.1. The van der Waals surface area contributed by atoms with Gasteiger partial charge in [-0.1, -0.05) is 42.5 Å². The molecule has 1 saturated heterocycles. The second kappa shape index (κ2) is 8.83. The third-order valence-electron chi connectivity index (χ3n) is 5.52. The van der Waals surface area contributed by atoms with E-state index >= 15 is 0 Å². The Morgan fingerprint density at radius 3 is 2.70 bits per heavy atom. The highest BCUT2D eigenvalue weighted by molar-refractivity contribution is 5.95. The molecule has 0 aromatic heterocycles. The first kappa shape index (κ1) is 19.1. The van der Waals surface area contributed by atoms with Crippen LogP contribution in [0.4, 0.5) is 5.69 Å². The van der Waals surface area contributed by atoms with Gasteiger partial charge in [-0.2, -0.15) is 5.26 Å². The minimum absolute atomic E-state index is 0.0765. The standard InChI is InChI=1S/C23H27N3O/c1-18-8-6-11-22(19(18)2)26(14-7-13-24)23(27)17-25-15-12-21(16-25)20-9-4-3-5-10-20/h3-6,8-11,21H,7,12,14-17H2,1-2H3. The molecule has 1 aliphatic heterocycles. The molecule has 1 fully saturated rings. The lowest BCUT2D eigenvalue weighted by molar-refractivity contribution is -0.119. The van der Waals surface area contributed by atoms with E-state index in [2.05, 4.69) is 48.2 Å². The molecule has 0 aliphatic carbocycles. The van der Waals surface area contributed by atoms with Gasteiger partial charge in [0.2, 0.25) is 5.91 Å². The second-order valence-electron chi connectivity index (χ2n) is 7.30. The van der Waals surface area contributed by atoms with Gasteiger partial charge in [-0.25, -0.2) is 0 Å². The number of likely N-dealkylation sites (tertiary alicyclic amines) is 1. The van der Waals surface area contributed by atoms with Crippen molar-refractivity contribution in [3.63, 3.8) is 0 Å². The van der Waals surface area contributed by atoms with Crippen molar-refractivity contribution < 1.29 is 4.79 Å². The van der Waals surface area contributed by atoms with Gasteiger partial charge in [0.05, 0.1) is 19.0 Å². The van der Waals surface area contributed by atoms with Crippen molar-refractivity contribution in [2.24, 2.45) is 0 Å². The van der Waals surface area contributed by atoms with Gasteiger partial charge in [0, 0.05) is 18.8 Å². The number of hydrogen-bond donors (Lipinski definition) is 0. The number of rotatable bonds is 6. The van der Waals surface area contributed by atoms with Crippen molar-refractivity contribution >= 4 is 11.6 Å². The Kier molecular flexibility index (Phi) is 6.26. The first-order valence-corrected chi connectivity index (χ1v) is 9.61. The minimum Gasteiger partial charge on any atom is -0.310 e. The van der Waals surface area contributed by atoms with Crippen LogP contribution in [0.5, 0.6) is 0 Å². The van der Waals surface area contributed by atoms with Crippen LogP contribution in [-0.2, 0) is 4.79 Å². The normalized spacial score (nSPS) is 16.9. The number of aryl methyl sites for hydroxylation is 1. The summed E-state index contributed by atoms with van der Waals surface area (Å²) in [5, 5.41) is 9.01. The summed E-state index contributed by atoms with van der Waals surface area (Å²) in [6.45, 7) is 6.78. The van der Waals surface area contributed by atoms with Crippen LogP contribution < -0.4 is 4.90 Å². The number of hydrogen-bond acceptors (Lipinski definition) is 3. The Morgan fingerprint density at radius 1 is 1.19 bits per heavy atom. The molecule has 4 heteroatoms. The fourth-order valence-electron chi connectivity index (χ4n) is 3.82. The quantitative estimate of drug-likeness (QED) is 0.780. The molecule has 1 aliphatic rings. The van der Waals surface area contributed by atoms with Gasteiger partial charge >= 0.3 is 0 Å². The summed E-state index contributed by atoms with van der Waals surface area (Å²) >= 11 is 0. The van der Waals surface area contributed by atoms with E-state index in [-0.39, 0.29) is 5.91 Å². The van der Waals surface area contributed by atoms with E-state index in [0.29, 0.717) is 25.4 Å². The summed E-state index contributed by atoms with van der Waals surface area (Å²) in [7, 11) is 0. The van der Waals surface area contributed by atoms with Crippen LogP contribution in [0.3, 0.4) is 0 Å². The topological polar surface area (TPSA) is 47.3 Å². The van der Waals surface area contributed by atoms with E-state index < -0.39 is 0 Å². The number of nitrogens with zero attached hydrogens (tertiary/aromatic N) is 3. The average molecular weight is 361 g/mol. The van der Waals surface area contributed by atoms with Crippen molar-refractivity contribution in [3.05, 3.63) is 65.2 Å². The van der Waals surface area contributed by atoms with Crippen LogP contribution in [0, 0.1) is 25.2 Å². The Hall–Kier alpha value is -2.64. The number of nitriles is 1. The van der Waals surface area contributed by atoms with Gasteiger partial charge in [0.25, 0.3) is 0 Å². The Morgan fingerprint density at radius 2 is 1.96 bits per heavy atom. The highest BCUT2D eigenvalue weighted by atomic mass is 16.2. The molecular formula is C23H27N3O. The van der Waals surface area contributed by atoms with Crippen LogP contribution >= 0.6 is 0 Å². The molecule has 140 valence electrons. The lowest BCUT2D eigenvalue weighted by atomic mass is 9.99. The third kappa shape index (κ3) is 4.56. The van der Waals surface area contributed by atoms with Gasteiger partial charge in [0.15, 0.2) is 0 Å². The minimum atomic E-state index is 0.0765. The monoisotopic (exact) mass is 361 g/mol. The molecule has 1 atom stereocenters. The van der Waals surface area contributed by atoms with Crippen LogP contribution in [-0.4, -0.2) is 37.0 Å². The molecule has 1 heterocycles. The van der Waals surface area contributed by atoms with Gasteiger partial charge < -0.3 is 4.90 Å². The van der Waals surface area contributed by atoms with E-state index in [1.54, 1.807) is 4.90 Å². The van der Waals surface area contributed by atoms with Gasteiger partial charge in [0.1, 0.15) is 0 Å². The molecule has 1 unspecified atom stereocenters. The van der Waals surface area contributed by atoms with E-state index in [9.17, 15) is 4.79 Å². The molecule has 0 saturated carbocycles. The summed E-state index contributed by atoms with van der Waals surface area (Å²) in [4.78, 5) is 17.1. The van der Waals surface area contributed by atoms with Gasteiger partial charge in [-0.15, -0.1) is 0 Å². The first-order chi connectivity index (χ1) is 13.1. The highest BCUT2D eigenvalue weighted by Gasteiger charge is 2.27. The maximum Gasteiger partial charge on any atom is 0.241 e. The summed E-state index contributed by atoms with van der Waals surface area (Å²) in [5.74, 6) is 0.569. The van der Waals surface area contributed by atoms with E-state index in [0.717, 1.165) is 36.3 Å². The number of benzene rings is 2. The van der Waals surface area contributed by atoms with Crippen LogP contribution in [0.2, 0.25) is 0 Å². The van der Waals surface area contributed by atoms with Crippen molar-refractivity contribution in [2.75, 3.05) is 31.1 Å². The average Bonchev–Trinajstić information content (AvgIpc) is 3.14. The molecule has 0 radical (unpaired) electrons. The Bertz CT molecular complexity index is 825. The number of amides is 1. The third-order valence-corrected chi connectivity index (χ3v) is 5.52. The summed E-state index contributed by atoms with van der Waals surface area (Å²) in [5.41, 5.74) is 4.54. The van der Waals surface area contributed by atoms with Crippen molar-refractivity contribution in [1.29, 1.82) is 5.26 Å². The fraction of sp³-hybridized carbons (Fsp3) is 0.391. The molecular weight excluding hydrogens is 334 g/mol. The van der Waals surface area contributed by atoms with Crippen molar-refractivity contribution in [2.45, 2.75) is 32.6 Å². The summed E-state index contributed by atoms with van der Waals surface area (Å²) in [6.07, 6.45) is 1.42. The van der Waals surface area contributed by atoms with Gasteiger partial charge in [-0.05, 0) is 55.5 Å². The predicted octanol–water partition coefficient (Wildman–Crippen LogP) is 4.04. The maximum atomic E-state index is 13.1. The number of carbonyl (C=O) groups is 1. The number of anilines is 1. The second-order valence-corrected chi connectivity index (χ2v) is 7.30. The predicted molar refractivity (Wildman–Crippen MR) is 109 cm³/mol.